The van der Waals surface area contributed by atoms with E-state index in [0.717, 1.165) is 30.5 Å². The van der Waals surface area contributed by atoms with Crippen LogP contribution in [0.3, 0.4) is 0 Å². The van der Waals surface area contributed by atoms with Crippen LogP contribution < -0.4 is 10.2 Å². The first-order valence-electron chi connectivity index (χ1n) is 11.4. The number of rotatable bonds is 9. The summed E-state index contributed by atoms with van der Waals surface area (Å²) in [7, 11) is 0. The van der Waals surface area contributed by atoms with Gasteiger partial charge in [0.05, 0.1) is 23.4 Å². The van der Waals surface area contributed by atoms with E-state index >= 15 is 0 Å². The Balaban J connectivity index is 1.72. The maximum Gasteiger partial charge on any atom is 0.261 e. The first-order valence-corrected chi connectivity index (χ1v) is 11.4. The Bertz CT molecular complexity index is 1200. The van der Waals surface area contributed by atoms with Gasteiger partial charge in [-0.05, 0) is 31.0 Å². The van der Waals surface area contributed by atoms with Gasteiger partial charge in [-0.15, -0.1) is 0 Å². The van der Waals surface area contributed by atoms with Gasteiger partial charge in [-0.3, -0.25) is 19.3 Å². The van der Waals surface area contributed by atoms with Crippen LogP contribution in [0.4, 0.5) is 0 Å². The molecule has 0 radical (unpaired) electrons. The molecule has 0 unspecified atom stereocenters. The number of benzene rings is 2. The molecule has 3 aromatic rings. The van der Waals surface area contributed by atoms with Crippen molar-refractivity contribution in [1.29, 1.82) is 0 Å². The average molecular weight is 445 g/mol. The summed E-state index contributed by atoms with van der Waals surface area (Å²) in [5, 5.41) is 0. The Morgan fingerprint density at radius 2 is 1.48 bits per heavy atom. The number of aromatic nitrogens is 1. The van der Waals surface area contributed by atoms with Gasteiger partial charge in [0.15, 0.2) is 5.75 Å². The molecule has 2 heterocycles. The minimum atomic E-state index is -0.348. The van der Waals surface area contributed by atoms with Crippen molar-refractivity contribution in [3.63, 3.8) is 0 Å². The highest BCUT2D eigenvalue weighted by atomic mass is 16.5. The van der Waals surface area contributed by atoms with Gasteiger partial charge in [0, 0.05) is 18.3 Å². The molecule has 2 amide bonds. The average Bonchev–Trinajstić information content (AvgIpc) is 3.06. The number of fused-ring (bicyclic) bond motifs is 1. The van der Waals surface area contributed by atoms with Crippen LogP contribution in [-0.4, -0.2) is 21.3 Å². The Morgan fingerprint density at radius 1 is 0.848 bits per heavy atom. The van der Waals surface area contributed by atoms with Gasteiger partial charge in [-0.2, -0.15) is 0 Å². The molecular weight excluding hydrogens is 416 g/mol. The first-order chi connectivity index (χ1) is 16.0. The monoisotopic (exact) mass is 444 g/mol. The van der Waals surface area contributed by atoms with Crippen molar-refractivity contribution in [3.8, 4) is 5.75 Å². The lowest BCUT2D eigenvalue weighted by Crippen LogP contribution is -2.32. The van der Waals surface area contributed by atoms with E-state index in [9.17, 15) is 14.4 Å². The third-order valence-electron chi connectivity index (χ3n) is 5.97. The second-order valence-electron chi connectivity index (χ2n) is 8.30. The minimum absolute atomic E-state index is 0.0144. The SMILES string of the molecule is CCCCCn1c(C)cc(=O)c(OCc2ccccc2)c1CN1C(=O)c2ccccc2C1=O. The normalized spacial score (nSPS) is 12.8. The molecule has 0 bridgehead atoms. The number of imide groups is 1. The summed E-state index contributed by atoms with van der Waals surface area (Å²) in [6, 6.07) is 18.0. The zero-order chi connectivity index (χ0) is 23.4. The van der Waals surface area contributed by atoms with E-state index in [1.54, 1.807) is 30.3 Å². The van der Waals surface area contributed by atoms with Crippen molar-refractivity contribution in [1.82, 2.24) is 9.47 Å². The van der Waals surface area contributed by atoms with E-state index in [1.165, 1.54) is 4.90 Å². The number of ether oxygens (including phenoxy) is 1. The summed E-state index contributed by atoms with van der Waals surface area (Å²) in [4.78, 5) is 40.2. The van der Waals surface area contributed by atoms with Crippen molar-refractivity contribution in [2.24, 2.45) is 0 Å². The molecule has 33 heavy (non-hydrogen) atoms. The van der Waals surface area contributed by atoms with Crippen LogP contribution in [0.15, 0.2) is 65.5 Å². The van der Waals surface area contributed by atoms with Gasteiger partial charge >= 0.3 is 0 Å². The molecule has 0 atom stereocenters. The number of unbranched alkanes of at least 4 members (excludes halogenated alkanes) is 2. The van der Waals surface area contributed by atoms with Gasteiger partial charge in [0.25, 0.3) is 11.8 Å². The van der Waals surface area contributed by atoms with E-state index in [1.807, 2.05) is 41.8 Å². The molecule has 0 aliphatic carbocycles. The van der Waals surface area contributed by atoms with Crippen LogP contribution in [0.5, 0.6) is 5.75 Å². The van der Waals surface area contributed by atoms with Crippen LogP contribution in [-0.2, 0) is 19.7 Å². The van der Waals surface area contributed by atoms with Gasteiger partial charge in [0.2, 0.25) is 5.43 Å². The third kappa shape index (κ3) is 4.60. The summed E-state index contributed by atoms with van der Waals surface area (Å²) in [6.45, 7) is 4.90. The second kappa shape index (κ2) is 9.86. The number of amides is 2. The number of carbonyl (C=O) groups excluding carboxylic acids is 2. The van der Waals surface area contributed by atoms with Gasteiger partial charge in [0.1, 0.15) is 6.61 Å². The first kappa shape index (κ1) is 22.5. The lowest BCUT2D eigenvalue weighted by Gasteiger charge is -2.23. The molecule has 4 rings (SSSR count). The van der Waals surface area contributed by atoms with Crippen molar-refractivity contribution in [2.75, 3.05) is 0 Å². The molecule has 0 N–H and O–H groups in total. The fourth-order valence-corrected chi connectivity index (χ4v) is 4.22. The molecule has 0 saturated carbocycles. The van der Waals surface area contributed by atoms with E-state index in [0.29, 0.717) is 23.4 Å². The molecule has 0 fully saturated rings. The number of pyridine rings is 1. The maximum absolute atomic E-state index is 13.0. The van der Waals surface area contributed by atoms with Crippen LogP contribution in [0.1, 0.15) is 63.9 Å². The molecular formula is C27H28N2O4. The van der Waals surface area contributed by atoms with Crippen LogP contribution in [0.2, 0.25) is 0 Å². The van der Waals surface area contributed by atoms with Gasteiger partial charge < -0.3 is 9.30 Å². The molecule has 2 aromatic carbocycles. The highest BCUT2D eigenvalue weighted by Crippen LogP contribution is 2.27. The lowest BCUT2D eigenvalue weighted by molar-refractivity contribution is 0.0636. The molecule has 1 aliphatic rings. The van der Waals surface area contributed by atoms with Gasteiger partial charge in [-0.25, -0.2) is 0 Å². The molecule has 170 valence electrons. The molecule has 0 saturated heterocycles. The number of hydrogen-bond donors (Lipinski definition) is 0. The summed E-state index contributed by atoms with van der Waals surface area (Å²) < 4.78 is 8.05. The van der Waals surface area contributed by atoms with Crippen molar-refractivity contribution >= 4 is 11.8 Å². The number of nitrogens with zero attached hydrogens (tertiary/aromatic N) is 2. The number of carbonyl (C=O) groups is 2. The topological polar surface area (TPSA) is 68.6 Å². The largest absolute Gasteiger partial charge is 0.483 e. The Labute approximate surface area is 193 Å². The smallest absolute Gasteiger partial charge is 0.261 e. The summed E-state index contributed by atoms with van der Waals surface area (Å²) in [5.74, 6) is -0.505. The molecule has 1 aliphatic heterocycles. The highest BCUT2D eigenvalue weighted by molar-refractivity contribution is 6.21. The van der Waals surface area contributed by atoms with E-state index in [2.05, 4.69) is 6.92 Å². The van der Waals surface area contributed by atoms with E-state index in [-0.39, 0.29) is 36.1 Å². The predicted molar refractivity (Wildman–Crippen MR) is 126 cm³/mol. The maximum atomic E-state index is 13.0. The quantitative estimate of drug-likeness (QED) is 0.354. The lowest BCUT2D eigenvalue weighted by atomic mass is 10.1. The minimum Gasteiger partial charge on any atom is -0.483 e. The Kier molecular flexibility index (Phi) is 6.73. The highest BCUT2D eigenvalue weighted by Gasteiger charge is 2.36. The third-order valence-corrected chi connectivity index (χ3v) is 5.97. The second-order valence-corrected chi connectivity index (χ2v) is 8.30. The fourth-order valence-electron chi connectivity index (χ4n) is 4.22. The molecule has 6 nitrogen and oxygen atoms in total. The van der Waals surface area contributed by atoms with Crippen molar-refractivity contribution in [2.45, 2.75) is 52.8 Å². The molecule has 1 aromatic heterocycles. The van der Waals surface area contributed by atoms with Gasteiger partial charge in [-0.1, -0.05) is 62.2 Å². The zero-order valence-electron chi connectivity index (χ0n) is 19.0. The van der Waals surface area contributed by atoms with Crippen LogP contribution >= 0.6 is 0 Å². The molecule has 6 heteroatoms. The molecule has 0 spiro atoms. The summed E-state index contributed by atoms with van der Waals surface area (Å²) >= 11 is 0. The van der Waals surface area contributed by atoms with Crippen molar-refractivity contribution in [3.05, 3.63) is 99.0 Å². The predicted octanol–water partition coefficient (Wildman–Crippen LogP) is 4.72. The van der Waals surface area contributed by atoms with E-state index in [4.69, 9.17) is 4.74 Å². The summed E-state index contributed by atoms with van der Waals surface area (Å²) in [5.41, 5.74) is 2.81. The fraction of sp³-hybridized carbons (Fsp3) is 0.296. The number of hydrogen-bond acceptors (Lipinski definition) is 4. The van der Waals surface area contributed by atoms with Crippen LogP contribution in [0.25, 0.3) is 0 Å². The zero-order valence-corrected chi connectivity index (χ0v) is 19.0. The van der Waals surface area contributed by atoms with Crippen molar-refractivity contribution < 1.29 is 14.3 Å². The standard InChI is InChI=1S/C27H28N2O4/c1-3-4-10-15-28-19(2)16-24(30)25(33-18-20-11-6-5-7-12-20)23(28)17-29-26(31)21-13-8-9-14-22(21)27(29)32/h5-9,11-14,16H,3-4,10,15,17-18H2,1-2H3. The van der Waals surface area contributed by atoms with E-state index < -0.39 is 0 Å². The summed E-state index contributed by atoms with van der Waals surface area (Å²) in [6.07, 6.45) is 3.02. The number of aryl methyl sites for hydroxylation is 1. The Hall–Kier alpha value is -3.67. The van der Waals surface area contributed by atoms with Crippen LogP contribution in [0, 0.1) is 6.92 Å². The Morgan fingerprint density at radius 3 is 2.12 bits per heavy atom.